The SMILES string of the molecule is Cc1ccc(CC2OC=NC2=O)cc1. The van der Waals surface area contributed by atoms with E-state index >= 15 is 0 Å². The van der Waals surface area contributed by atoms with Crippen molar-refractivity contribution in [3.63, 3.8) is 0 Å². The van der Waals surface area contributed by atoms with E-state index in [1.165, 1.54) is 12.0 Å². The minimum absolute atomic E-state index is 0.189. The van der Waals surface area contributed by atoms with Crippen LogP contribution >= 0.6 is 0 Å². The molecule has 2 rings (SSSR count). The molecular weight excluding hydrogens is 178 g/mol. The highest BCUT2D eigenvalue weighted by atomic mass is 16.5. The van der Waals surface area contributed by atoms with E-state index in [0.717, 1.165) is 5.56 Å². The van der Waals surface area contributed by atoms with E-state index in [4.69, 9.17) is 4.74 Å². The Kier molecular flexibility index (Phi) is 2.31. The van der Waals surface area contributed by atoms with Gasteiger partial charge in [-0.2, -0.15) is 4.99 Å². The smallest absolute Gasteiger partial charge is 0.289 e. The molecule has 0 saturated heterocycles. The van der Waals surface area contributed by atoms with Gasteiger partial charge in [-0.15, -0.1) is 0 Å². The van der Waals surface area contributed by atoms with Gasteiger partial charge in [0.05, 0.1) is 0 Å². The Morgan fingerprint density at radius 1 is 1.36 bits per heavy atom. The first-order valence-corrected chi connectivity index (χ1v) is 4.53. The van der Waals surface area contributed by atoms with Crippen molar-refractivity contribution in [3.8, 4) is 0 Å². The summed E-state index contributed by atoms with van der Waals surface area (Å²) in [5.74, 6) is -0.189. The summed E-state index contributed by atoms with van der Waals surface area (Å²) < 4.78 is 5.06. The number of hydrogen-bond donors (Lipinski definition) is 0. The highest BCUT2D eigenvalue weighted by Gasteiger charge is 2.22. The van der Waals surface area contributed by atoms with Gasteiger partial charge in [-0.05, 0) is 12.5 Å². The maximum Gasteiger partial charge on any atom is 0.289 e. The number of nitrogens with zero attached hydrogens (tertiary/aromatic N) is 1. The number of carbonyl (C=O) groups is 1. The first-order valence-electron chi connectivity index (χ1n) is 4.53. The molecule has 72 valence electrons. The van der Waals surface area contributed by atoms with E-state index < -0.39 is 6.10 Å². The van der Waals surface area contributed by atoms with Crippen LogP contribution < -0.4 is 0 Å². The molecule has 1 amide bonds. The zero-order valence-corrected chi connectivity index (χ0v) is 7.93. The molecule has 0 N–H and O–H groups in total. The number of amides is 1. The fourth-order valence-electron chi connectivity index (χ4n) is 1.37. The van der Waals surface area contributed by atoms with E-state index in [9.17, 15) is 4.79 Å². The molecule has 0 spiro atoms. The molecular formula is C11H11NO2. The maximum absolute atomic E-state index is 11.1. The summed E-state index contributed by atoms with van der Waals surface area (Å²) in [6.07, 6.45) is 1.40. The van der Waals surface area contributed by atoms with Crippen molar-refractivity contribution in [1.82, 2.24) is 0 Å². The zero-order valence-electron chi connectivity index (χ0n) is 7.93. The summed E-state index contributed by atoms with van der Waals surface area (Å²) in [6.45, 7) is 2.03. The molecule has 14 heavy (non-hydrogen) atoms. The van der Waals surface area contributed by atoms with Crippen LogP contribution in [-0.2, 0) is 16.0 Å². The molecule has 0 bridgehead atoms. The van der Waals surface area contributed by atoms with Crippen molar-refractivity contribution in [3.05, 3.63) is 35.4 Å². The van der Waals surface area contributed by atoms with Crippen molar-refractivity contribution >= 4 is 12.3 Å². The van der Waals surface area contributed by atoms with Gasteiger partial charge < -0.3 is 4.74 Å². The van der Waals surface area contributed by atoms with Gasteiger partial charge in [0.1, 0.15) is 0 Å². The fourth-order valence-corrected chi connectivity index (χ4v) is 1.37. The van der Waals surface area contributed by atoms with Gasteiger partial charge in [-0.3, -0.25) is 4.79 Å². The second-order valence-corrected chi connectivity index (χ2v) is 3.39. The minimum atomic E-state index is -0.419. The van der Waals surface area contributed by atoms with Crippen molar-refractivity contribution in [2.75, 3.05) is 0 Å². The molecule has 3 heteroatoms. The quantitative estimate of drug-likeness (QED) is 0.707. The number of rotatable bonds is 2. The second-order valence-electron chi connectivity index (χ2n) is 3.39. The monoisotopic (exact) mass is 189 g/mol. The van der Waals surface area contributed by atoms with Crippen LogP contribution in [0.2, 0.25) is 0 Å². The predicted octanol–water partition coefficient (Wildman–Crippen LogP) is 1.49. The summed E-state index contributed by atoms with van der Waals surface area (Å²) in [7, 11) is 0. The summed E-state index contributed by atoms with van der Waals surface area (Å²) in [6, 6.07) is 8.06. The average molecular weight is 189 g/mol. The molecule has 1 aliphatic heterocycles. The molecule has 0 radical (unpaired) electrons. The molecule has 0 fully saturated rings. The molecule has 1 aromatic rings. The molecule has 1 aromatic carbocycles. The van der Waals surface area contributed by atoms with Crippen molar-refractivity contribution in [2.45, 2.75) is 19.4 Å². The van der Waals surface area contributed by atoms with Gasteiger partial charge in [0, 0.05) is 6.42 Å². The van der Waals surface area contributed by atoms with Gasteiger partial charge in [-0.25, -0.2) is 0 Å². The van der Waals surface area contributed by atoms with Crippen LogP contribution in [0, 0.1) is 6.92 Å². The standard InChI is InChI=1S/C11H11NO2/c1-8-2-4-9(5-3-8)6-10-11(13)12-7-14-10/h2-5,7,10H,6H2,1H3. The molecule has 0 aliphatic carbocycles. The third-order valence-corrected chi connectivity index (χ3v) is 2.22. The van der Waals surface area contributed by atoms with Crippen LogP contribution in [0.25, 0.3) is 0 Å². The second kappa shape index (κ2) is 3.62. The Morgan fingerprint density at radius 3 is 2.64 bits per heavy atom. The summed E-state index contributed by atoms with van der Waals surface area (Å²) in [5, 5.41) is 0. The van der Waals surface area contributed by atoms with Crippen LogP contribution in [0.5, 0.6) is 0 Å². The predicted molar refractivity (Wildman–Crippen MR) is 53.3 cm³/mol. The minimum Gasteiger partial charge on any atom is -0.470 e. The molecule has 0 aromatic heterocycles. The van der Waals surface area contributed by atoms with Gasteiger partial charge in [0.25, 0.3) is 5.91 Å². The lowest BCUT2D eigenvalue weighted by Crippen LogP contribution is -2.19. The van der Waals surface area contributed by atoms with Crippen molar-refractivity contribution in [1.29, 1.82) is 0 Å². The summed E-state index contributed by atoms with van der Waals surface area (Å²) in [5.41, 5.74) is 2.31. The topological polar surface area (TPSA) is 38.7 Å². The maximum atomic E-state index is 11.1. The molecule has 1 atom stereocenters. The largest absolute Gasteiger partial charge is 0.470 e. The van der Waals surface area contributed by atoms with Gasteiger partial charge in [-0.1, -0.05) is 29.8 Å². The molecule has 3 nitrogen and oxygen atoms in total. The Labute approximate surface area is 82.4 Å². The first-order chi connectivity index (χ1) is 6.75. The highest BCUT2D eigenvalue weighted by Crippen LogP contribution is 2.11. The highest BCUT2D eigenvalue weighted by molar-refractivity contribution is 5.91. The molecule has 1 heterocycles. The number of aryl methyl sites for hydroxylation is 1. The Morgan fingerprint density at radius 2 is 2.07 bits per heavy atom. The van der Waals surface area contributed by atoms with E-state index in [0.29, 0.717) is 6.42 Å². The first kappa shape index (κ1) is 8.94. The zero-order chi connectivity index (χ0) is 9.97. The molecule has 1 unspecified atom stereocenters. The van der Waals surface area contributed by atoms with E-state index in [2.05, 4.69) is 4.99 Å². The third-order valence-electron chi connectivity index (χ3n) is 2.22. The Bertz CT molecular complexity index is 367. The van der Waals surface area contributed by atoms with E-state index in [1.807, 2.05) is 31.2 Å². The molecule has 0 saturated carbocycles. The fraction of sp³-hybridized carbons (Fsp3) is 0.273. The van der Waals surface area contributed by atoms with Crippen molar-refractivity contribution in [2.24, 2.45) is 4.99 Å². The van der Waals surface area contributed by atoms with Gasteiger partial charge in [0.2, 0.25) is 0 Å². The normalized spacial score (nSPS) is 19.8. The summed E-state index contributed by atoms with van der Waals surface area (Å²) >= 11 is 0. The van der Waals surface area contributed by atoms with Crippen molar-refractivity contribution < 1.29 is 9.53 Å². The van der Waals surface area contributed by atoms with Crippen LogP contribution in [0.1, 0.15) is 11.1 Å². The summed E-state index contributed by atoms with van der Waals surface area (Å²) in [4.78, 5) is 14.7. The number of hydrogen-bond acceptors (Lipinski definition) is 2. The number of ether oxygens (including phenoxy) is 1. The van der Waals surface area contributed by atoms with Gasteiger partial charge in [0.15, 0.2) is 12.5 Å². The lowest BCUT2D eigenvalue weighted by Gasteiger charge is -2.07. The van der Waals surface area contributed by atoms with E-state index in [-0.39, 0.29) is 5.91 Å². The van der Waals surface area contributed by atoms with Crippen LogP contribution in [0.3, 0.4) is 0 Å². The Hall–Kier alpha value is -1.64. The van der Waals surface area contributed by atoms with Crippen LogP contribution in [0.15, 0.2) is 29.3 Å². The van der Waals surface area contributed by atoms with Gasteiger partial charge >= 0.3 is 0 Å². The number of carbonyl (C=O) groups excluding carboxylic acids is 1. The Balaban J connectivity index is 2.04. The van der Waals surface area contributed by atoms with Crippen LogP contribution in [-0.4, -0.2) is 18.4 Å². The lowest BCUT2D eigenvalue weighted by molar-refractivity contribution is -0.122. The lowest BCUT2D eigenvalue weighted by atomic mass is 10.1. The average Bonchev–Trinajstić information content (AvgIpc) is 2.56. The number of benzene rings is 1. The van der Waals surface area contributed by atoms with E-state index in [1.54, 1.807) is 0 Å². The molecule has 1 aliphatic rings. The van der Waals surface area contributed by atoms with Crippen LogP contribution in [0.4, 0.5) is 0 Å². The third kappa shape index (κ3) is 1.82. The number of aliphatic imine (C=N–C) groups is 1.